The van der Waals surface area contributed by atoms with Crippen LogP contribution in [0.1, 0.15) is 31.5 Å². The van der Waals surface area contributed by atoms with E-state index in [2.05, 4.69) is 16.9 Å². The average molecular weight is 221 g/mol. The van der Waals surface area contributed by atoms with Crippen LogP contribution in [0.2, 0.25) is 0 Å². The topological polar surface area (TPSA) is 54.7 Å². The lowest BCUT2D eigenvalue weighted by molar-refractivity contribution is 0.594. The second-order valence-corrected chi connectivity index (χ2v) is 3.98. The second kappa shape index (κ2) is 4.61. The van der Waals surface area contributed by atoms with Crippen LogP contribution >= 0.6 is 0 Å². The van der Waals surface area contributed by atoms with E-state index in [9.17, 15) is 4.39 Å². The van der Waals surface area contributed by atoms with Crippen LogP contribution in [0.5, 0.6) is 0 Å². The maximum atomic E-state index is 13.4. The van der Waals surface area contributed by atoms with Crippen molar-refractivity contribution in [2.75, 3.05) is 6.54 Å². The van der Waals surface area contributed by atoms with E-state index in [-0.39, 0.29) is 11.7 Å². The molecule has 2 rings (SSSR count). The minimum atomic E-state index is -0.285. The number of nitrogens with two attached hydrogens (primary N) is 1. The predicted octanol–water partition coefficient (Wildman–Crippen LogP) is 2.54. The Kier molecular flexibility index (Phi) is 3.19. The lowest BCUT2D eigenvalue weighted by Gasteiger charge is -2.09. The second-order valence-electron chi connectivity index (χ2n) is 3.98. The standard InChI is InChI=1S/C12H16FN3/c1-2-4-8(7-14)12-15-10-6-3-5-9(13)11(10)16-12/h3,5-6,8H,2,4,7,14H2,1H3,(H,15,16). The Morgan fingerprint density at radius 3 is 2.94 bits per heavy atom. The SMILES string of the molecule is CCCC(CN)c1nc2c(F)cccc2[nH]1. The molecule has 0 saturated heterocycles. The third-order valence-electron chi connectivity index (χ3n) is 2.79. The molecule has 0 aliphatic heterocycles. The lowest BCUT2D eigenvalue weighted by Crippen LogP contribution is -2.13. The van der Waals surface area contributed by atoms with E-state index >= 15 is 0 Å². The fourth-order valence-electron chi connectivity index (χ4n) is 1.92. The summed E-state index contributed by atoms with van der Waals surface area (Å²) in [6.45, 7) is 2.64. The van der Waals surface area contributed by atoms with Gasteiger partial charge in [-0.25, -0.2) is 9.37 Å². The zero-order chi connectivity index (χ0) is 11.5. The maximum Gasteiger partial charge on any atom is 0.151 e. The maximum absolute atomic E-state index is 13.4. The van der Waals surface area contributed by atoms with Crippen molar-refractivity contribution >= 4 is 11.0 Å². The average Bonchev–Trinajstić information content (AvgIpc) is 2.71. The van der Waals surface area contributed by atoms with Crippen LogP contribution in [0.15, 0.2) is 18.2 Å². The van der Waals surface area contributed by atoms with Crippen molar-refractivity contribution < 1.29 is 4.39 Å². The van der Waals surface area contributed by atoms with Crippen molar-refractivity contribution in [1.82, 2.24) is 9.97 Å². The van der Waals surface area contributed by atoms with E-state index in [0.29, 0.717) is 12.1 Å². The van der Waals surface area contributed by atoms with Gasteiger partial charge in [-0.15, -0.1) is 0 Å². The Labute approximate surface area is 93.9 Å². The molecule has 0 bridgehead atoms. The summed E-state index contributed by atoms with van der Waals surface area (Å²) in [6, 6.07) is 4.93. The molecule has 2 aromatic rings. The highest BCUT2D eigenvalue weighted by molar-refractivity contribution is 5.75. The van der Waals surface area contributed by atoms with Gasteiger partial charge in [0.15, 0.2) is 5.82 Å². The first-order chi connectivity index (χ1) is 7.76. The minimum absolute atomic E-state index is 0.191. The van der Waals surface area contributed by atoms with Crippen molar-refractivity contribution in [2.45, 2.75) is 25.7 Å². The molecule has 3 N–H and O–H groups in total. The number of nitrogens with one attached hydrogen (secondary N) is 1. The number of hydrogen-bond acceptors (Lipinski definition) is 2. The molecule has 4 heteroatoms. The van der Waals surface area contributed by atoms with Gasteiger partial charge in [0.2, 0.25) is 0 Å². The Morgan fingerprint density at radius 2 is 2.31 bits per heavy atom. The highest BCUT2D eigenvalue weighted by Crippen LogP contribution is 2.22. The van der Waals surface area contributed by atoms with Crippen molar-refractivity contribution in [3.63, 3.8) is 0 Å². The quantitative estimate of drug-likeness (QED) is 0.833. The summed E-state index contributed by atoms with van der Waals surface area (Å²) in [5.41, 5.74) is 6.85. The molecule has 0 radical (unpaired) electrons. The number of H-pyrrole nitrogens is 1. The van der Waals surface area contributed by atoms with Gasteiger partial charge in [-0.2, -0.15) is 0 Å². The van der Waals surface area contributed by atoms with Crippen LogP contribution in [-0.2, 0) is 0 Å². The molecule has 86 valence electrons. The Hall–Kier alpha value is -1.42. The first-order valence-corrected chi connectivity index (χ1v) is 5.60. The molecule has 16 heavy (non-hydrogen) atoms. The lowest BCUT2D eigenvalue weighted by atomic mass is 10.0. The summed E-state index contributed by atoms with van der Waals surface area (Å²) < 4.78 is 13.4. The number of imidazole rings is 1. The van der Waals surface area contributed by atoms with Crippen molar-refractivity contribution in [1.29, 1.82) is 0 Å². The van der Waals surface area contributed by atoms with E-state index in [1.165, 1.54) is 6.07 Å². The molecular weight excluding hydrogens is 205 g/mol. The monoisotopic (exact) mass is 221 g/mol. The number of halogens is 1. The largest absolute Gasteiger partial charge is 0.342 e. The molecule has 0 amide bonds. The van der Waals surface area contributed by atoms with E-state index in [1.54, 1.807) is 6.07 Å². The summed E-state index contributed by atoms with van der Waals surface area (Å²) >= 11 is 0. The Balaban J connectivity index is 2.42. The van der Waals surface area contributed by atoms with Crippen molar-refractivity contribution in [2.24, 2.45) is 5.73 Å². The smallest absolute Gasteiger partial charge is 0.151 e. The number of hydrogen-bond donors (Lipinski definition) is 2. The molecule has 1 atom stereocenters. The third kappa shape index (κ3) is 1.93. The van der Waals surface area contributed by atoms with Crippen LogP contribution in [0, 0.1) is 5.82 Å². The van der Waals surface area contributed by atoms with Crippen molar-refractivity contribution in [3.8, 4) is 0 Å². The van der Waals surface area contributed by atoms with E-state index in [0.717, 1.165) is 24.2 Å². The van der Waals surface area contributed by atoms with E-state index in [1.807, 2.05) is 6.07 Å². The number of para-hydroxylation sites is 1. The predicted molar refractivity (Wildman–Crippen MR) is 62.8 cm³/mol. The highest BCUT2D eigenvalue weighted by atomic mass is 19.1. The molecule has 0 fully saturated rings. The third-order valence-corrected chi connectivity index (χ3v) is 2.79. The summed E-state index contributed by atoms with van der Waals surface area (Å²) in [5.74, 6) is 0.702. The normalized spacial score (nSPS) is 13.2. The molecule has 3 nitrogen and oxygen atoms in total. The Morgan fingerprint density at radius 1 is 1.50 bits per heavy atom. The molecule has 0 spiro atoms. The Bertz CT molecular complexity index is 478. The van der Waals surface area contributed by atoms with E-state index in [4.69, 9.17) is 5.73 Å². The number of aromatic nitrogens is 2. The fourth-order valence-corrected chi connectivity index (χ4v) is 1.92. The van der Waals surface area contributed by atoms with Crippen LogP contribution in [0.25, 0.3) is 11.0 Å². The number of rotatable bonds is 4. The summed E-state index contributed by atoms with van der Waals surface area (Å²) in [5, 5.41) is 0. The number of aromatic amines is 1. The van der Waals surface area contributed by atoms with Gasteiger partial charge >= 0.3 is 0 Å². The van der Waals surface area contributed by atoms with Gasteiger partial charge in [-0.05, 0) is 18.6 Å². The van der Waals surface area contributed by atoms with Crippen LogP contribution in [-0.4, -0.2) is 16.5 Å². The molecule has 0 aliphatic carbocycles. The van der Waals surface area contributed by atoms with Gasteiger partial charge < -0.3 is 10.7 Å². The van der Waals surface area contributed by atoms with Gasteiger partial charge in [0, 0.05) is 12.5 Å². The highest BCUT2D eigenvalue weighted by Gasteiger charge is 2.14. The molecule has 0 saturated carbocycles. The molecule has 0 aliphatic rings. The molecular formula is C12H16FN3. The van der Waals surface area contributed by atoms with Crippen LogP contribution in [0.3, 0.4) is 0 Å². The molecule has 1 unspecified atom stereocenters. The fraction of sp³-hybridized carbons (Fsp3) is 0.417. The van der Waals surface area contributed by atoms with E-state index < -0.39 is 0 Å². The summed E-state index contributed by atoms with van der Waals surface area (Å²) in [7, 11) is 0. The summed E-state index contributed by atoms with van der Waals surface area (Å²) in [6.07, 6.45) is 2.01. The summed E-state index contributed by atoms with van der Waals surface area (Å²) in [4.78, 5) is 7.43. The number of nitrogens with zero attached hydrogens (tertiary/aromatic N) is 1. The molecule has 1 aromatic carbocycles. The van der Waals surface area contributed by atoms with Gasteiger partial charge in [-0.1, -0.05) is 19.4 Å². The zero-order valence-electron chi connectivity index (χ0n) is 9.33. The van der Waals surface area contributed by atoms with Gasteiger partial charge in [0.25, 0.3) is 0 Å². The zero-order valence-corrected chi connectivity index (χ0v) is 9.33. The molecule has 1 aromatic heterocycles. The van der Waals surface area contributed by atoms with Gasteiger partial charge in [0.1, 0.15) is 11.3 Å². The van der Waals surface area contributed by atoms with Gasteiger partial charge in [-0.3, -0.25) is 0 Å². The van der Waals surface area contributed by atoms with Crippen LogP contribution < -0.4 is 5.73 Å². The first-order valence-electron chi connectivity index (χ1n) is 5.60. The minimum Gasteiger partial charge on any atom is -0.342 e. The van der Waals surface area contributed by atoms with Gasteiger partial charge in [0.05, 0.1) is 5.52 Å². The molecule has 1 heterocycles. The first kappa shape index (κ1) is 11.1. The number of fused-ring (bicyclic) bond motifs is 1. The van der Waals surface area contributed by atoms with Crippen LogP contribution in [0.4, 0.5) is 4.39 Å². The van der Waals surface area contributed by atoms with Crippen molar-refractivity contribution in [3.05, 3.63) is 29.8 Å². The number of benzene rings is 1.